The molecule has 0 saturated carbocycles. The highest BCUT2D eigenvalue weighted by molar-refractivity contribution is 7.16. The van der Waals surface area contributed by atoms with Crippen LogP contribution in [0.4, 0.5) is 8.78 Å². The summed E-state index contributed by atoms with van der Waals surface area (Å²) < 4.78 is 30.7. The Balaban J connectivity index is 1.56. The lowest BCUT2D eigenvalue weighted by molar-refractivity contribution is 0.0946. The molecule has 3 aromatic heterocycles. The van der Waals surface area contributed by atoms with E-state index in [1.165, 1.54) is 6.07 Å². The maximum Gasteiger partial charge on any atom is 0.282 e. The van der Waals surface area contributed by atoms with Gasteiger partial charge in [0.1, 0.15) is 11.6 Å². The summed E-state index contributed by atoms with van der Waals surface area (Å²) in [6.07, 6.45) is 7.20. The van der Waals surface area contributed by atoms with Gasteiger partial charge in [0.15, 0.2) is 5.01 Å². The molecule has 11 heteroatoms. The molecule has 0 radical (unpaired) electrons. The van der Waals surface area contributed by atoms with Crippen molar-refractivity contribution in [2.75, 3.05) is 6.54 Å². The highest BCUT2D eigenvalue weighted by Gasteiger charge is 2.33. The van der Waals surface area contributed by atoms with Crippen LogP contribution in [0.1, 0.15) is 28.0 Å². The van der Waals surface area contributed by atoms with E-state index >= 15 is 0 Å². The smallest absolute Gasteiger partial charge is 0.282 e. The summed E-state index contributed by atoms with van der Waals surface area (Å²) in [4.78, 5) is 17.2. The molecule has 0 aliphatic rings. The summed E-state index contributed by atoms with van der Waals surface area (Å²) in [5, 5.41) is 15.1. The molecular weight excluding hydrogens is 424 g/mol. The molecule has 1 N–H and O–H groups in total. The van der Waals surface area contributed by atoms with E-state index in [0.717, 1.165) is 34.7 Å². The maximum atomic E-state index is 14.0. The molecule has 0 fully saturated rings. The van der Waals surface area contributed by atoms with Gasteiger partial charge < -0.3 is 9.88 Å². The first-order valence-corrected chi connectivity index (χ1v) is 10.1. The molecule has 0 spiro atoms. The number of benzene rings is 1. The van der Waals surface area contributed by atoms with Crippen molar-refractivity contribution in [3.63, 3.8) is 0 Å². The van der Waals surface area contributed by atoms with Gasteiger partial charge in [-0.1, -0.05) is 11.3 Å². The van der Waals surface area contributed by atoms with E-state index in [-0.39, 0.29) is 22.1 Å². The summed E-state index contributed by atoms with van der Waals surface area (Å²) in [6.45, 7) is 2.19. The molecule has 3 heterocycles. The zero-order valence-corrected chi connectivity index (χ0v) is 17.8. The minimum absolute atomic E-state index is 0.0771. The van der Waals surface area contributed by atoms with Crippen molar-refractivity contribution < 1.29 is 13.6 Å². The molecule has 8 nitrogen and oxygen atoms in total. The van der Waals surface area contributed by atoms with E-state index in [1.54, 1.807) is 17.2 Å². The summed E-state index contributed by atoms with van der Waals surface area (Å²) in [5.74, 6) is -1.90. The first-order chi connectivity index (χ1) is 14.8. The van der Waals surface area contributed by atoms with Crippen LogP contribution in [0.3, 0.4) is 0 Å². The van der Waals surface area contributed by atoms with Crippen LogP contribution in [0.15, 0.2) is 43.1 Å². The van der Waals surface area contributed by atoms with Gasteiger partial charge in [-0.15, -0.1) is 10.2 Å². The number of aryl methyl sites for hydroxylation is 2. The lowest BCUT2D eigenvalue weighted by Crippen LogP contribution is -2.39. The monoisotopic (exact) mass is 443 g/mol. The number of aromatic nitrogens is 6. The van der Waals surface area contributed by atoms with Crippen molar-refractivity contribution in [3.05, 3.63) is 71.0 Å². The average Bonchev–Trinajstić information content (AvgIpc) is 3.47. The van der Waals surface area contributed by atoms with Crippen LogP contribution in [-0.2, 0) is 19.5 Å². The predicted octanol–water partition coefficient (Wildman–Crippen LogP) is 2.69. The number of hydrogen-bond acceptors (Lipinski definition) is 6. The normalized spacial score (nSPS) is 13.2. The quantitative estimate of drug-likeness (QED) is 0.495. The number of rotatable bonds is 6. The largest absolute Gasteiger partial charge is 0.349 e. The van der Waals surface area contributed by atoms with Gasteiger partial charge >= 0.3 is 0 Å². The van der Waals surface area contributed by atoms with Gasteiger partial charge in [0.2, 0.25) is 5.01 Å². The van der Waals surface area contributed by atoms with Crippen LogP contribution >= 0.6 is 11.3 Å². The average molecular weight is 443 g/mol. The topological polar surface area (TPSA) is 90.5 Å². The molecule has 4 rings (SSSR count). The Kier molecular flexibility index (Phi) is 5.36. The molecule has 1 amide bonds. The van der Waals surface area contributed by atoms with Crippen LogP contribution in [0.5, 0.6) is 0 Å². The highest BCUT2D eigenvalue weighted by atomic mass is 32.1. The Morgan fingerprint density at radius 2 is 2.03 bits per heavy atom. The lowest BCUT2D eigenvalue weighted by atomic mass is 9.81. The molecule has 31 heavy (non-hydrogen) atoms. The van der Waals surface area contributed by atoms with Crippen LogP contribution in [-0.4, -0.2) is 42.0 Å². The fourth-order valence-corrected chi connectivity index (χ4v) is 3.95. The minimum Gasteiger partial charge on any atom is -0.349 e. The van der Waals surface area contributed by atoms with E-state index < -0.39 is 23.0 Å². The molecule has 0 aliphatic heterocycles. The Labute approximate surface area is 180 Å². The third kappa shape index (κ3) is 4.08. The number of nitrogens with zero attached hydrogens (tertiary/aromatic N) is 6. The van der Waals surface area contributed by atoms with Gasteiger partial charge in [-0.25, -0.2) is 13.8 Å². The molecule has 1 aromatic carbocycles. The van der Waals surface area contributed by atoms with Crippen molar-refractivity contribution in [2.24, 2.45) is 14.1 Å². The van der Waals surface area contributed by atoms with Gasteiger partial charge in [0, 0.05) is 50.2 Å². The number of nitrogens with one attached hydrogen (secondary N) is 1. The first kappa shape index (κ1) is 20.8. The van der Waals surface area contributed by atoms with Gasteiger partial charge in [0.05, 0.1) is 23.6 Å². The third-order valence-corrected chi connectivity index (χ3v) is 5.95. The van der Waals surface area contributed by atoms with Crippen LogP contribution < -0.4 is 5.32 Å². The molecule has 0 saturated heterocycles. The zero-order chi connectivity index (χ0) is 22.2. The molecular formula is C20H19F2N7OS. The summed E-state index contributed by atoms with van der Waals surface area (Å²) in [7, 11) is 3.69. The van der Waals surface area contributed by atoms with E-state index in [9.17, 15) is 13.6 Å². The van der Waals surface area contributed by atoms with E-state index in [2.05, 4.69) is 25.6 Å². The first-order valence-electron chi connectivity index (χ1n) is 9.31. The fourth-order valence-electron chi connectivity index (χ4n) is 3.16. The molecule has 1 atom stereocenters. The van der Waals surface area contributed by atoms with E-state index in [1.807, 2.05) is 38.0 Å². The van der Waals surface area contributed by atoms with Crippen molar-refractivity contribution in [3.8, 4) is 10.6 Å². The summed E-state index contributed by atoms with van der Waals surface area (Å²) >= 11 is 0.932. The maximum absolute atomic E-state index is 14.0. The second-order valence-electron chi connectivity index (χ2n) is 7.38. The number of carbonyl (C=O) groups excluding carboxylic acids is 1. The second-order valence-corrected chi connectivity index (χ2v) is 8.36. The molecule has 1 unspecified atom stereocenters. The number of halogens is 2. The number of amides is 1. The fraction of sp³-hybridized carbons (Fsp3) is 0.250. The lowest BCUT2D eigenvalue weighted by Gasteiger charge is -2.27. The SMILES string of the molecule is Cn1cnc(C(C)(CNC(=O)c2nnc(-c3ccc(F)cc3F)s2)c2cnn(C)c2)c1. The molecule has 0 aliphatic carbocycles. The van der Waals surface area contributed by atoms with Gasteiger partial charge in [-0.05, 0) is 19.1 Å². The number of carbonyl (C=O) groups is 1. The highest BCUT2D eigenvalue weighted by Crippen LogP contribution is 2.30. The number of imidazole rings is 1. The van der Waals surface area contributed by atoms with Gasteiger partial charge in [-0.2, -0.15) is 5.10 Å². The second kappa shape index (κ2) is 7.99. The van der Waals surface area contributed by atoms with Crippen molar-refractivity contribution >= 4 is 17.2 Å². The number of hydrogen-bond donors (Lipinski definition) is 1. The predicted molar refractivity (Wildman–Crippen MR) is 110 cm³/mol. The standard InChI is InChI=1S/C20H19F2N7OS/c1-20(12-7-25-29(3)8-12,16-9-28(2)11-24-16)10-23-17(30)19-27-26-18(31-19)14-5-4-13(21)6-15(14)22/h4-9,11H,10H2,1-3H3,(H,23,30). The van der Waals surface area contributed by atoms with E-state index in [0.29, 0.717) is 0 Å². The zero-order valence-electron chi connectivity index (χ0n) is 17.0. The Morgan fingerprint density at radius 3 is 2.68 bits per heavy atom. The molecule has 160 valence electrons. The van der Waals surface area contributed by atoms with Crippen LogP contribution in [0, 0.1) is 11.6 Å². The van der Waals surface area contributed by atoms with Crippen molar-refractivity contribution in [1.29, 1.82) is 0 Å². The molecule has 4 aromatic rings. The Morgan fingerprint density at radius 1 is 1.23 bits per heavy atom. The van der Waals surface area contributed by atoms with Crippen LogP contribution in [0.25, 0.3) is 10.6 Å². The van der Waals surface area contributed by atoms with Crippen LogP contribution in [0.2, 0.25) is 0 Å². The third-order valence-electron chi connectivity index (χ3n) is 5.00. The summed E-state index contributed by atoms with van der Waals surface area (Å²) in [6, 6.07) is 3.17. The van der Waals surface area contributed by atoms with E-state index in [4.69, 9.17) is 0 Å². The van der Waals surface area contributed by atoms with Crippen molar-refractivity contribution in [1.82, 2.24) is 34.8 Å². The van der Waals surface area contributed by atoms with Gasteiger partial charge in [-0.3, -0.25) is 9.48 Å². The Hall–Kier alpha value is -3.47. The molecule has 0 bridgehead atoms. The van der Waals surface area contributed by atoms with Gasteiger partial charge in [0.25, 0.3) is 5.91 Å². The summed E-state index contributed by atoms with van der Waals surface area (Å²) in [5.41, 5.74) is 1.11. The minimum atomic E-state index is -0.762. The Bertz CT molecular complexity index is 1210. The van der Waals surface area contributed by atoms with Crippen molar-refractivity contribution in [2.45, 2.75) is 12.3 Å².